The molecule has 1 heterocycles. The van der Waals surface area contributed by atoms with E-state index in [1.54, 1.807) is 16.9 Å². The smallest absolute Gasteiger partial charge is 0.271 e. The fourth-order valence-corrected chi connectivity index (χ4v) is 3.15. The third-order valence-corrected chi connectivity index (χ3v) is 5.00. The number of aliphatic hydroxyl groups is 1. The number of aliphatic hydroxyl groups excluding tert-OH is 1. The third kappa shape index (κ3) is 5.48. The van der Waals surface area contributed by atoms with Gasteiger partial charge in [-0.25, -0.2) is 4.68 Å². The molecule has 1 aromatic heterocycles. The van der Waals surface area contributed by atoms with E-state index in [4.69, 9.17) is 4.74 Å². The van der Waals surface area contributed by atoms with Crippen LogP contribution in [0.1, 0.15) is 58.6 Å². The van der Waals surface area contributed by atoms with E-state index in [0.29, 0.717) is 5.92 Å². The van der Waals surface area contributed by atoms with Crippen LogP contribution < -0.4 is 10.1 Å². The van der Waals surface area contributed by atoms with E-state index in [9.17, 15) is 9.90 Å². The highest BCUT2D eigenvalue weighted by Gasteiger charge is 2.14. The van der Waals surface area contributed by atoms with Gasteiger partial charge >= 0.3 is 0 Å². The number of aromatic nitrogens is 2. The molecule has 1 atom stereocenters. The maximum Gasteiger partial charge on any atom is 0.271 e. The fraction of sp³-hybridized carbons (Fsp3) is 0.333. The van der Waals surface area contributed by atoms with Gasteiger partial charge in [-0.05, 0) is 48.6 Å². The Hall–Kier alpha value is -3.12. The Balaban J connectivity index is 1.51. The average Bonchev–Trinajstić information content (AvgIpc) is 3.20. The first-order valence-electron chi connectivity index (χ1n) is 10.1. The second-order valence-electron chi connectivity index (χ2n) is 7.83. The SMILES string of the molecule is Cc1ccc(OCn2ccc(C(=O)NCC(O)c3ccc(C(C)C)cc3)n2)c(C)c1. The Morgan fingerprint density at radius 3 is 2.47 bits per heavy atom. The molecule has 2 aromatic carbocycles. The van der Waals surface area contributed by atoms with Crippen LogP contribution in [0.4, 0.5) is 0 Å². The van der Waals surface area contributed by atoms with E-state index in [2.05, 4.69) is 30.3 Å². The molecule has 6 nitrogen and oxygen atoms in total. The maximum atomic E-state index is 12.4. The summed E-state index contributed by atoms with van der Waals surface area (Å²) < 4.78 is 7.35. The van der Waals surface area contributed by atoms with Crippen LogP contribution in [0.15, 0.2) is 54.7 Å². The molecule has 1 amide bonds. The van der Waals surface area contributed by atoms with Gasteiger partial charge in [0.15, 0.2) is 6.73 Å². The first-order chi connectivity index (χ1) is 14.3. The van der Waals surface area contributed by atoms with Gasteiger partial charge in [-0.1, -0.05) is 55.8 Å². The summed E-state index contributed by atoms with van der Waals surface area (Å²) in [6, 6.07) is 15.4. The van der Waals surface area contributed by atoms with Crippen LogP contribution in [-0.4, -0.2) is 27.3 Å². The van der Waals surface area contributed by atoms with E-state index in [1.807, 2.05) is 50.2 Å². The minimum Gasteiger partial charge on any atom is -0.471 e. The molecule has 3 rings (SSSR count). The van der Waals surface area contributed by atoms with Crippen molar-refractivity contribution in [2.24, 2.45) is 0 Å². The van der Waals surface area contributed by atoms with Gasteiger partial charge in [-0.3, -0.25) is 4.79 Å². The van der Waals surface area contributed by atoms with Crippen molar-refractivity contribution in [2.75, 3.05) is 6.54 Å². The lowest BCUT2D eigenvalue weighted by molar-refractivity contribution is 0.0909. The summed E-state index contributed by atoms with van der Waals surface area (Å²) in [7, 11) is 0. The molecule has 1 unspecified atom stereocenters. The molecule has 158 valence electrons. The molecule has 30 heavy (non-hydrogen) atoms. The fourth-order valence-electron chi connectivity index (χ4n) is 3.15. The van der Waals surface area contributed by atoms with Crippen molar-refractivity contribution in [3.05, 3.63) is 82.7 Å². The summed E-state index contributed by atoms with van der Waals surface area (Å²) in [5.74, 6) is 0.886. The van der Waals surface area contributed by atoms with Gasteiger partial charge in [0.05, 0.1) is 6.10 Å². The van der Waals surface area contributed by atoms with Crippen LogP contribution in [0.3, 0.4) is 0 Å². The van der Waals surface area contributed by atoms with Crippen LogP contribution in [0.2, 0.25) is 0 Å². The molecule has 0 saturated carbocycles. The summed E-state index contributed by atoms with van der Waals surface area (Å²) in [6.45, 7) is 8.60. The van der Waals surface area contributed by atoms with Crippen molar-refractivity contribution in [2.45, 2.75) is 46.4 Å². The van der Waals surface area contributed by atoms with E-state index in [1.165, 1.54) is 11.1 Å². The summed E-state index contributed by atoms with van der Waals surface area (Å²) in [5.41, 5.74) is 4.49. The zero-order chi connectivity index (χ0) is 21.7. The van der Waals surface area contributed by atoms with Gasteiger partial charge in [0.25, 0.3) is 5.91 Å². The van der Waals surface area contributed by atoms with Gasteiger partial charge in [0.2, 0.25) is 0 Å². The average molecular weight is 408 g/mol. The molecule has 0 fully saturated rings. The Kier molecular flexibility index (Phi) is 6.90. The number of ether oxygens (including phenoxy) is 1. The van der Waals surface area contributed by atoms with E-state index in [-0.39, 0.29) is 24.9 Å². The largest absolute Gasteiger partial charge is 0.471 e. The first-order valence-corrected chi connectivity index (χ1v) is 10.1. The number of carbonyl (C=O) groups is 1. The minimum atomic E-state index is -0.773. The van der Waals surface area contributed by atoms with Crippen LogP contribution in [-0.2, 0) is 6.73 Å². The topological polar surface area (TPSA) is 76.4 Å². The van der Waals surface area contributed by atoms with Crippen molar-refractivity contribution in [3.8, 4) is 5.75 Å². The number of hydrogen-bond acceptors (Lipinski definition) is 4. The normalized spacial score (nSPS) is 12.1. The number of amides is 1. The van der Waals surface area contributed by atoms with Crippen LogP contribution in [0.5, 0.6) is 5.75 Å². The van der Waals surface area contributed by atoms with Crippen LogP contribution in [0, 0.1) is 13.8 Å². The molecule has 0 aliphatic heterocycles. The Labute approximate surface area is 177 Å². The van der Waals surface area contributed by atoms with Crippen molar-refractivity contribution in [1.82, 2.24) is 15.1 Å². The summed E-state index contributed by atoms with van der Waals surface area (Å²) in [6.07, 6.45) is 0.921. The molecule has 0 aliphatic rings. The second-order valence-corrected chi connectivity index (χ2v) is 7.83. The van der Waals surface area contributed by atoms with Gasteiger partial charge in [-0.15, -0.1) is 0 Å². The van der Waals surface area contributed by atoms with Gasteiger partial charge < -0.3 is 15.2 Å². The molecule has 6 heteroatoms. The number of aryl methyl sites for hydroxylation is 2. The van der Waals surface area contributed by atoms with Crippen molar-refractivity contribution in [1.29, 1.82) is 0 Å². The quantitative estimate of drug-likeness (QED) is 0.589. The highest BCUT2D eigenvalue weighted by atomic mass is 16.5. The number of hydrogen-bond donors (Lipinski definition) is 2. The molecule has 3 aromatic rings. The van der Waals surface area contributed by atoms with Crippen molar-refractivity contribution in [3.63, 3.8) is 0 Å². The maximum absolute atomic E-state index is 12.4. The second kappa shape index (κ2) is 9.59. The van der Waals surface area contributed by atoms with Gasteiger partial charge in [0.1, 0.15) is 11.4 Å². The molecular weight excluding hydrogens is 378 g/mol. The number of benzene rings is 2. The molecule has 0 radical (unpaired) electrons. The summed E-state index contributed by atoms with van der Waals surface area (Å²) in [5, 5.41) is 17.3. The van der Waals surface area contributed by atoms with Crippen LogP contribution in [0.25, 0.3) is 0 Å². The predicted molar refractivity (Wildman–Crippen MR) is 117 cm³/mol. The molecule has 0 spiro atoms. The Bertz CT molecular complexity index is 993. The Morgan fingerprint density at radius 2 is 1.80 bits per heavy atom. The number of rotatable bonds is 8. The summed E-state index contributed by atoms with van der Waals surface area (Å²) >= 11 is 0. The van der Waals surface area contributed by atoms with Gasteiger partial charge in [-0.2, -0.15) is 5.10 Å². The molecule has 0 aliphatic carbocycles. The highest BCUT2D eigenvalue weighted by molar-refractivity contribution is 5.92. The summed E-state index contributed by atoms with van der Waals surface area (Å²) in [4.78, 5) is 12.4. The minimum absolute atomic E-state index is 0.117. The van der Waals surface area contributed by atoms with E-state index in [0.717, 1.165) is 16.9 Å². The highest BCUT2D eigenvalue weighted by Crippen LogP contribution is 2.20. The predicted octanol–water partition coefficient (Wildman–Crippen LogP) is 4.12. The van der Waals surface area contributed by atoms with Crippen molar-refractivity contribution >= 4 is 5.91 Å². The molecule has 0 saturated heterocycles. The van der Waals surface area contributed by atoms with Crippen LogP contribution >= 0.6 is 0 Å². The van der Waals surface area contributed by atoms with Gasteiger partial charge in [0, 0.05) is 12.7 Å². The number of carbonyl (C=O) groups excluding carboxylic acids is 1. The third-order valence-electron chi connectivity index (χ3n) is 5.00. The lowest BCUT2D eigenvalue weighted by atomic mass is 10.00. The standard InChI is InChI=1S/C24H29N3O3/c1-16(2)19-6-8-20(9-7-19)22(28)14-25-24(29)21-11-12-27(26-21)15-30-23-10-5-17(3)13-18(23)4/h5-13,16,22,28H,14-15H2,1-4H3,(H,25,29). The Morgan fingerprint density at radius 1 is 1.10 bits per heavy atom. The lowest BCUT2D eigenvalue weighted by Gasteiger charge is -2.13. The van der Waals surface area contributed by atoms with E-state index >= 15 is 0 Å². The number of nitrogens with zero attached hydrogens (tertiary/aromatic N) is 2. The van der Waals surface area contributed by atoms with Crippen molar-refractivity contribution < 1.29 is 14.6 Å². The zero-order valence-corrected chi connectivity index (χ0v) is 17.9. The zero-order valence-electron chi connectivity index (χ0n) is 17.9. The molecule has 0 bridgehead atoms. The van der Waals surface area contributed by atoms with E-state index < -0.39 is 6.10 Å². The molecule has 2 N–H and O–H groups in total. The monoisotopic (exact) mass is 407 g/mol. The first kappa shape index (κ1) is 21.6. The lowest BCUT2D eigenvalue weighted by Crippen LogP contribution is -2.28. The molecular formula is C24H29N3O3. The number of nitrogens with one attached hydrogen (secondary N) is 1.